The van der Waals surface area contributed by atoms with Gasteiger partial charge in [0.2, 0.25) is 5.91 Å². The lowest BCUT2D eigenvalue weighted by Gasteiger charge is -2.32. The Balaban J connectivity index is 1.42. The van der Waals surface area contributed by atoms with Gasteiger partial charge in [0.1, 0.15) is 5.69 Å². The van der Waals surface area contributed by atoms with E-state index in [-0.39, 0.29) is 22.4 Å². The summed E-state index contributed by atoms with van der Waals surface area (Å²) in [5.41, 5.74) is 0.746. The molecule has 1 aliphatic heterocycles. The molecule has 0 aromatic heterocycles. The van der Waals surface area contributed by atoms with Gasteiger partial charge in [0.25, 0.3) is 5.69 Å². The van der Waals surface area contributed by atoms with Crippen molar-refractivity contribution in [2.75, 3.05) is 30.3 Å². The molecule has 0 radical (unpaired) electrons. The van der Waals surface area contributed by atoms with Crippen molar-refractivity contribution in [2.24, 2.45) is 5.92 Å². The van der Waals surface area contributed by atoms with Crippen molar-refractivity contribution >= 4 is 40.6 Å². The van der Waals surface area contributed by atoms with E-state index in [0.29, 0.717) is 43.2 Å². The van der Waals surface area contributed by atoms with E-state index in [2.05, 4.69) is 5.32 Å². The fraction of sp³-hybridized carbons (Fsp3) is 0.350. The van der Waals surface area contributed by atoms with Crippen molar-refractivity contribution in [2.45, 2.75) is 17.7 Å². The third-order valence-electron chi connectivity index (χ3n) is 4.77. The summed E-state index contributed by atoms with van der Waals surface area (Å²) in [7, 11) is 0. The summed E-state index contributed by atoms with van der Waals surface area (Å²) in [4.78, 5) is 26.4. The minimum absolute atomic E-state index is 0.0421. The molecule has 28 heavy (non-hydrogen) atoms. The Labute approximate surface area is 173 Å². The normalized spacial score (nSPS) is 14.7. The van der Waals surface area contributed by atoms with Crippen molar-refractivity contribution in [1.29, 1.82) is 0 Å². The lowest BCUT2D eigenvalue weighted by molar-refractivity contribution is -0.384. The van der Waals surface area contributed by atoms with Crippen molar-refractivity contribution in [3.8, 4) is 0 Å². The van der Waals surface area contributed by atoms with Gasteiger partial charge in [0.15, 0.2) is 0 Å². The first kappa shape index (κ1) is 20.5. The third kappa shape index (κ3) is 5.39. The second-order valence-electron chi connectivity index (χ2n) is 6.60. The number of amides is 1. The SMILES string of the molecule is O=C(NCCSc1ccc(Cl)cc1)C1CCN(c2ccccc2[N+](=O)[O-])CC1. The molecular formula is C20H22ClN3O3S. The van der Waals surface area contributed by atoms with Crippen molar-refractivity contribution in [3.05, 3.63) is 63.7 Å². The van der Waals surface area contributed by atoms with Gasteiger partial charge in [-0.05, 0) is 43.2 Å². The first-order valence-electron chi connectivity index (χ1n) is 9.19. The molecule has 0 spiro atoms. The zero-order valence-electron chi connectivity index (χ0n) is 15.3. The van der Waals surface area contributed by atoms with Crippen LogP contribution in [0.15, 0.2) is 53.4 Å². The molecular weight excluding hydrogens is 398 g/mol. The Morgan fingerprint density at radius 1 is 1.18 bits per heavy atom. The van der Waals surface area contributed by atoms with E-state index in [0.717, 1.165) is 10.6 Å². The molecule has 8 heteroatoms. The Morgan fingerprint density at radius 2 is 1.86 bits per heavy atom. The van der Waals surface area contributed by atoms with Crippen LogP contribution in [0.5, 0.6) is 0 Å². The number of hydrogen-bond acceptors (Lipinski definition) is 5. The monoisotopic (exact) mass is 419 g/mol. The van der Waals surface area contributed by atoms with E-state index in [1.54, 1.807) is 30.0 Å². The van der Waals surface area contributed by atoms with Crippen molar-refractivity contribution in [1.82, 2.24) is 5.32 Å². The number of nitro groups is 1. The number of nitro benzene ring substituents is 1. The number of benzene rings is 2. The second-order valence-corrected chi connectivity index (χ2v) is 8.21. The molecule has 1 saturated heterocycles. The quantitative estimate of drug-likeness (QED) is 0.312. The Kier molecular flexibility index (Phi) is 7.17. The Morgan fingerprint density at radius 3 is 2.54 bits per heavy atom. The van der Waals surface area contributed by atoms with Crippen LogP contribution in [0.3, 0.4) is 0 Å². The molecule has 1 heterocycles. The number of anilines is 1. The maximum atomic E-state index is 12.4. The number of piperidine rings is 1. The minimum Gasteiger partial charge on any atom is -0.366 e. The van der Waals surface area contributed by atoms with Gasteiger partial charge in [-0.3, -0.25) is 14.9 Å². The highest BCUT2D eigenvalue weighted by molar-refractivity contribution is 7.99. The first-order chi connectivity index (χ1) is 13.5. The van der Waals surface area contributed by atoms with Gasteiger partial charge in [-0.15, -0.1) is 11.8 Å². The zero-order valence-corrected chi connectivity index (χ0v) is 16.9. The molecule has 0 bridgehead atoms. The maximum absolute atomic E-state index is 12.4. The number of nitrogens with one attached hydrogen (secondary N) is 1. The number of carbonyl (C=O) groups excluding carboxylic acids is 1. The molecule has 3 rings (SSSR count). The molecule has 0 unspecified atom stereocenters. The largest absolute Gasteiger partial charge is 0.366 e. The summed E-state index contributed by atoms with van der Waals surface area (Å²) < 4.78 is 0. The number of rotatable bonds is 7. The summed E-state index contributed by atoms with van der Waals surface area (Å²) in [6.07, 6.45) is 1.39. The summed E-state index contributed by atoms with van der Waals surface area (Å²) in [5.74, 6) is 0.820. The van der Waals surface area contributed by atoms with Crippen LogP contribution >= 0.6 is 23.4 Å². The maximum Gasteiger partial charge on any atom is 0.292 e. The van der Waals surface area contributed by atoms with Crippen LogP contribution in [0.1, 0.15) is 12.8 Å². The average Bonchev–Trinajstić information content (AvgIpc) is 2.72. The highest BCUT2D eigenvalue weighted by Gasteiger charge is 2.27. The van der Waals surface area contributed by atoms with Gasteiger partial charge >= 0.3 is 0 Å². The topological polar surface area (TPSA) is 75.5 Å². The van der Waals surface area contributed by atoms with Gasteiger partial charge in [-0.2, -0.15) is 0 Å². The molecule has 148 valence electrons. The number of carbonyl (C=O) groups is 1. The van der Waals surface area contributed by atoms with Gasteiger partial charge in [-0.25, -0.2) is 0 Å². The lowest BCUT2D eigenvalue weighted by atomic mass is 9.95. The molecule has 1 aliphatic rings. The van der Waals surface area contributed by atoms with Gasteiger partial charge < -0.3 is 10.2 Å². The van der Waals surface area contributed by atoms with E-state index in [9.17, 15) is 14.9 Å². The number of hydrogen-bond donors (Lipinski definition) is 1. The van der Waals surface area contributed by atoms with Crippen molar-refractivity contribution < 1.29 is 9.72 Å². The number of para-hydroxylation sites is 2. The standard InChI is InChI=1S/C20H22ClN3O3S/c21-16-5-7-17(8-6-16)28-14-11-22-20(25)15-9-12-23(13-10-15)18-3-1-2-4-19(18)24(26)27/h1-8,15H,9-14H2,(H,22,25). The number of nitrogens with zero attached hydrogens (tertiary/aromatic N) is 2. The van der Waals surface area contributed by atoms with E-state index in [1.165, 1.54) is 6.07 Å². The van der Waals surface area contributed by atoms with Gasteiger partial charge in [0.05, 0.1) is 4.92 Å². The Bertz CT molecular complexity index is 824. The van der Waals surface area contributed by atoms with E-state index in [1.807, 2.05) is 29.2 Å². The van der Waals surface area contributed by atoms with Crippen LogP contribution in [0.2, 0.25) is 5.02 Å². The fourth-order valence-corrected chi connectivity index (χ4v) is 4.18. The Hall–Kier alpha value is -2.25. The first-order valence-corrected chi connectivity index (χ1v) is 10.6. The van der Waals surface area contributed by atoms with Gasteiger partial charge in [-0.1, -0.05) is 23.7 Å². The second kappa shape index (κ2) is 9.80. The molecule has 1 fully saturated rings. The van der Waals surface area contributed by atoms with Crippen LogP contribution in [0, 0.1) is 16.0 Å². The number of halogens is 1. The summed E-state index contributed by atoms with van der Waals surface area (Å²) in [6.45, 7) is 1.89. The van der Waals surface area contributed by atoms with E-state index in [4.69, 9.17) is 11.6 Å². The van der Waals surface area contributed by atoms with Crippen molar-refractivity contribution in [3.63, 3.8) is 0 Å². The average molecular weight is 420 g/mol. The molecule has 1 amide bonds. The molecule has 2 aromatic carbocycles. The predicted molar refractivity (Wildman–Crippen MR) is 113 cm³/mol. The number of thioether (sulfide) groups is 1. The minimum atomic E-state index is -0.355. The van der Waals surface area contributed by atoms with E-state index < -0.39 is 0 Å². The summed E-state index contributed by atoms with van der Waals surface area (Å²) in [5, 5.41) is 14.9. The predicted octanol–water partition coefficient (Wildman–Crippen LogP) is 4.37. The van der Waals surface area contributed by atoms with Gasteiger partial charge in [0, 0.05) is 47.3 Å². The molecule has 0 saturated carbocycles. The zero-order chi connectivity index (χ0) is 19.9. The smallest absolute Gasteiger partial charge is 0.292 e. The highest BCUT2D eigenvalue weighted by Crippen LogP contribution is 2.31. The summed E-state index contributed by atoms with van der Waals surface area (Å²) >= 11 is 7.55. The molecule has 2 aromatic rings. The third-order valence-corrected chi connectivity index (χ3v) is 6.03. The van der Waals surface area contributed by atoms with E-state index >= 15 is 0 Å². The molecule has 6 nitrogen and oxygen atoms in total. The lowest BCUT2D eigenvalue weighted by Crippen LogP contribution is -2.41. The van der Waals surface area contributed by atoms with Crippen LogP contribution in [0.25, 0.3) is 0 Å². The van der Waals surface area contributed by atoms with Crippen LogP contribution < -0.4 is 10.2 Å². The van der Waals surface area contributed by atoms with Crippen LogP contribution in [-0.2, 0) is 4.79 Å². The van der Waals surface area contributed by atoms with Crippen LogP contribution in [0.4, 0.5) is 11.4 Å². The molecule has 1 N–H and O–H groups in total. The fourth-order valence-electron chi connectivity index (χ4n) is 3.29. The van der Waals surface area contributed by atoms with Crippen LogP contribution in [-0.4, -0.2) is 36.2 Å². The highest BCUT2D eigenvalue weighted by atomic mass is 35.5. The molecule has 0 atom stereocenters. The summed E-state index contributed by atoms with van der Waals surface area (Å²) in [6, 6.07) is 14.4. The molecule has 0 aliphatic carbocycles.